The monoisotopic (exact) mass is 411 g/mol. The number of pyridine rings is 2. The van der Waals surface area contributed by atoms with E-state index in [0.29, 0.717) is 36.3 Å². The lowest BCUT2D eigenvalue weighted by molar-refractivity contribution is -0.130. The number of aromatic nitrogens is 5. The molecule has 30 heavy (non-hydrogen) atoms. The van der Waals surface area contributed by atoms with Crippen LogP contribution in [0.2, 0.25) is 0 Å². The van der Waals surface area contributed by atoms with Gasteiger partial charge in [-0.1, -0.05) is 13.8 Å². The van der Waals surface area contributed by atoms with Gasteiger partial charge in [0.15, 0.2) is 11.5 Å². The lowest BCUT2D eigenvalue weighted by Crippen LogP contribution is -2.49. The third kappa shape index (κ3) is 4.16. The van der Waals surface area contributed by atoms with E-state index >= 15 is 4.39 Å². The Hall–Kier alpha value is -2.94. The van der Waals surface area contributed by atoms with Crippen molar-refractivity contribution in [1.82, 2.24) is 29.6 Å². The van der Waals surface area contributed by atoms with Crippen LogP contribution in [0.15, 0.2) is 30.9 Å². The Labute approximate surface area is 174 Å². The number of amides is 1. The van der Waals surface area contributed by atoms with Gasteiger partial charge in [0.25, 0.3) is 5.91 Å². The number of fused-ring (bicyclic) bond motifs is 1. The summed E-state index contributed by atoms with van der Waals surface area (Å²) in [6.07, 6.45) is 5.30. The highest BCUT2D eigenvalue weighted by molar-refractivity contribution is 5.98. The number of rotatable bonds is 5. The Kier molecular flexibility index (Phi) is 5.46. The molecule has 1 saturated heterocycles. The standard InChI is InChI=1S/C21H26FN7O/c1-14(2)12-29-6-4-21(22,5-7-29)20(30)26-18-9-15-8-17(19-27-25-13-28(19)3)23-10-16(15)11-24-18/h8-11,13-14H,4-7,12H2,1-3H3,(H,24,26,30). The van der Waals surface area contributed by atoms with E-state index in [1.807, 2.05) is 13.1 Å². The number of nitrogens with zero attached hydrogens (tertiary/aromatic N) is 6. The Balaban J connectivity index is 1.49. The molecule has 4 rings (SSSR count). The fraction of sp³-hybridized carbons (Fsp3) is 0.476. The molecule has 1 amide bonds. The van der Waals surface area contributed by atoms with Crippen LogP contribution in [0, 0.1) is 5.92 Å². The number of anilines is 1. The van der Waals surface area contributed by atoms with Gasteiger partial charge in [0, 0.05) is 57.3 Å². The van der Waals surface area contributed by atoms with E-state index in [9.17, 15) is 4.79 Å². The average Bonchev–Trinajstić information content (AvgIpc) is 3.15. The summed E-state index contributed by atoms with van der Waals surface area (Å²) in [6, 6.07) is 3.58. The number of halogens is 1. The molecule has 0 unspecified atom stereocenters. The largest absolute Gasteiger partial charge is 0.315 e. The number of aryl methyl sites for hydroxylation is 1. The molecule has 9 heteroatoms. The predicted molar refractivity (Wildman–Crippen MR) is 113 cm³/mol. The maximum absolute atomic E-state index is 15.3. The third-order valence-corrected chi connectivity index (χ3v) is 5.46. The molecule has 0 saturated carbocycles. The first-order chi connectivity index (χ1) is 14.3. The van der Waals surface area contributed by atoms with Crippen LogP contribution in [0.1, 0.15) is 26.7 Å². The van der Waals surface area contributed by atoms with E-state index in [1.54, 1.807) is 29.4 Å². The Morgan fingerprint density at radius 1 is 1.20 bits per heavy atom. The SMILES string of the molecule is CC(C)CN1CCC(F)(C(=O)Nc2cc3cc(-c4nncn4C)ncc3cn2)CC1. The second-order valence-corrected chi connectivity index (χ2v) is 8.37. The van der Waals surface area contributed by atoms with Gasteiger partial charge in [-0.25, -0.2) is 9.37 Å². The molecular formula is C21H26FN7O. The first-order valence-corrected chi connectivity index (χ1v) is 10.2. The molecule has 1 aliphatic rings. The van der Waals surface area contributed by atoms with Crippen molar-refractivity contribution in [3.8, 4) is 11.5 Å². The maximum atomic E-state index is 15.3. The van der Waals surface area contributed by atoms with Gasteiger partial charge in [0.1, 0.15) is 17.8 Å². The third-order valence-electron chi connectivity index (χ3n) is 5.46. The summed E-state index contributed by atoms with van der Waals surface area (Å²) in [5.74, 6) is 0.856. The molecule has 1 N–H and O–H groups in total. The first kappa shape index (κ1) is 20.3. The van der Waals surface area contributed by atoms with Crippen molar-refractivity contribution >= 4 is 22.5 Å². The topological polar surface area (TPSA) is 88.8 Å². The van der Waals surface area contributed by atoms with Gasteiger partial charge in [-0.2, -0.15) is 0 Å². The van der Waals surface area contributed by atoms with Crippen molar-refractivity contribution < 1.29 is 9.18 Å². The van der Waals surface area contributed by atoms with Gasteiger partial charge in [-0.05, 0) is 23.4 Å². The van der Waals surface area contributed by atoms with E-state index < -0.39 is 11.6 Å². The Bertz CT molecular complexity index is 1060. The lowest BCUT2D eigenvalue weighted by atomic mass is 9.92. The zero-order chi connectivity index (χ0) is 21.3. The normalized spacial score (nSPS) is 16.8. The molecular weight excluding hydrogens is 385 g/mol. The molecule has 3 aromatic rings. The van der Waals surface area contributed by atoms with Crippen LogP contribution in [0.4, 0.5) is 10.2 Å². The number of carbonyl (C=O) groups is 1. The van der Waals surface area contributed by atoms with E-state index in [2.05, 4.69) is 44.2 Å². The smallest absolute Gasteiger partial charge is 0.263 e. The fourth-order valence-corrected chi connectivity index (χ4v) is 3.81. The van der Waals surface area contributed by atoms with Gasteiger partial charge in [0.2, 0.25) is 0 Å². The summed E-state index contributed by atoms with van der Waals surface area (Å²) in [6.45, 7) is 6.37. The summed E-state index contributed by atoms with van der Waals surface area (Å²) in [4.78, 5) is 23.5. The van der Waals surface area contributed by atoms with Crippen molar-refractivity contribution in [2.45, 2.75) is 32.4 Å². The number of carbonyl (C=O) groups excluding carboxylic acids is 1. The van der Waals surface area contributed by atoms with Crippen LogP contribution in [0.5, 0.6) is 0 Å². The van der Waals surface area contributed by atoms with Crippen molar-refractivity contribution in [2.24, 2.45) is 13.0 Å². The maximum Gasteiger partial charge on any atom is 0.263 e. The van der Waals surface area contributed by atoms with Gasteiger partial charge >= 0.3 is 0 Å². The van der Waals surface area contributed by atoms with Crippen LogP contribution >= 0.6 is 0 Å². The minimum Gasteiger partial charge on any atom is -0.315 e. The highest BCUT2D eigenvalue weighted by Gasteiger charge is 2.41. The summed E-state index contributed by atoms with van der Waals surface area (Å²) in [7, 11) is 1.84. The fourth-order valence-electron chi connectivity index (χ4n) is 3.81. The average molecular weight is 411 g/mol. The minimum absolute atomic E-state index is 0.194. The van der Waals surface area contributed by atoms with E-state index in [-0.39, 0.29) is 12.8 Å². The number of hydrogen-bond donors (Lipinski definition) is 1. The van der Waals surface area contributed by atoms with Crippen LogP contribution < -0.4 is 5.32 Å². The molecule has 1 fully saturated rings. The van der Waals surface area contributed by atoms with Crippen molar-refractivity contribution in [1.29, 1.82) is 0 Å². The second kappa shape index (κ2) is 8.06. The molecule has 3 aromatic heterocycles. The minimum atomic E-state index is -1.87. The molecule has 4 heterocycles. The molecule has 0 aliphatic carbocycles. The van der Waals surface area contributed by atoms with Crippen LogP contribution in [-0.4, -0.2) is 60.8 Å². The van der Waals surface area contributed by atoms with E-state index in [1.165, 1.54) is 0 Å². The zero-order valence-electron chi connectivity index (χ0n) is 17.5. The molecule has 1 aliphatic heterocycles. The van der Waals surface area contributed by atoms with Crippen LogP contribution in [0.3, 0.4) is 0 Å². The molecule has 0 aromatic carbocycles. The molecule has 0 bridgehead atoms. The van der Waals surface area contributed by atoms with Gasteiger partial charge in [-0.15, -0.1) is 10.2 Å². The van der Waals surface area contributed by atoms with Crippen LogP contribution in [-0.2, 0) is 11.8 Å². The predicted octanol–water partition coefficient (Wildman–Crippen LogP) is 2.82. The number of alkyl halides is 1. The van der Waals surface area contributed by atoms with Crippen molar-refractivity contribution in [2.75, 3.05) is 25.0 Å². The van der Waals surface area contributed by atoms with Crippen molar-refractivity contribution in [3.63, 3.8) is 0 Å². The zero-order valence-corrected chi connectivity index (χ0v) is 17.5. The van der Waals surface area contributed by atoms with Gasteiger partial charge in [-0.3, -0.25) is 9.78 Å². The Morgan fingerprint density at radius 2 is 1.93 bits per heavy atom. The Morgan fingerprint density at radius 3 is 2.60 bits per heavy atom. The van der Waals surface area contributed by atoms with Gasteiger partial charge < -0.3 is 14.8 Å². The first-order valence-electron chi connectivity index (χ1n) is 10.2. The summed E-state index contributed by atoms with van der Waals surface area (Å²) < 4.78 is 17.1. The number of hydrogen-bond acceptors (Lipinski definition) is 6. The molecule has 0 spiro atoms. The molecule has 8 nitrogen and oxygen atoms in total. The number of nitrogens with one attached hydrogen (secondary N) is 1. The highest BCUT2D eigenvalue weighted by atomic mass is 19.1. The van der Waals surface area contributed by atoms with E-state index in [4.69, 9.17) is 0 Å². The summed E-state index contributed by atoms with van der Waals surface area (Å²) >= 11 is 0. The lowest BCUT2D eigenvalue weighted by Gasteiger charge is -2.36. The number of likely N-dealkylation sites (tertiary alicyclic amines) is 1. The number of piperidine rings is 1. The molecule has 158 valence electrons. The molecule has 0 atom stereocenters. The van der Waals surface area contributed by atoms with Crippen molar-refractivity contribution in [3.05, 3.63) is 30.9 Å². The summed E-state index contributed by atoms with van der Waals surface area (Å²) in [5.41, 5.74) is -1.21. The quantitative estimate of drug-likeness (QED) is 0.695. The van der Waals surface area contributed by atoms with E-state index in [0.717, 1.165) is 17.3 Å². The summed E-state index contributed by atoms with van der Waals surface area (Å²) in [5, 5.41) is 12.3. The highest BCUT2D eigenvalue weighted by Crippen LogP contribution is 2.29. The molecule has 0 radical (unpaired) electrons. The van der Waals surface area contributed by atoms with Gasteiger partial charge in [0.05, 0.1) is 0 Å². The second-order valence-electron chi connectivity index (χ2n) is 8.37. The van der Waals surface area contributed by atoms with Crippen LogP contribution in [0.25, 0.3) is 22.3 Å².